The molecule has 3 N–H and O–H groups in total. The van der Waals surface area contributed by atoms with E-state index in [4.69, 9.17) is 5.73 Å². The number of hydrogen-bond acceptors (Lipinski definition) is 2. The molecule has 0 saturated heterocycles. The number of aryl methyl sites for hydroxylation is 5. The van der Waals surface area contributed by atoms with Gasteiger partial charge in [0.1, 0.15) is 0 Å². The van der Waals surface area contributed by atoms with Gasteiger partial charge in [-0.1, -0.05) is 17.7 Å². The maximum atomic E-state index is 12.6. The summed E-state index contributed by atoms with van der Waals surface area (Å²) in [6, 6.07) is 7.81. The number of nitrogens with one attached hydrogen (secondary N) is 1. The third-order valence-electron chi connectivity index (χ3n) is 3.70. The van der Waals surface area contributed by atoms with Crippen molar-refractivity contribution in [2.45, 2.75) is 34.6 Å². The Hall–Kier alpha value is -2.29. The molecule has 0 radical (unpaired) electrons. The van der Waals surface area contributed by atoms with Crippen LogP contribution >= 0.6 is 0 Å². The number of anilines is 2. The van der Waals surface area contributed by atoms with Crippen LogP contribution < -0.4 is 11.1 Å². The maximum Gasteiger partial charge on any atom is 0.256 e. The molecule has 0 aliphatic rings. The van der Waals surface area contributed by atoms with E-state index in [2.05, 4.69) is 5.32 Å². The molecule has 2 aromatic carbocycles. The van der Waals surface area contributed by atoms with E-state index in [-0.39, 0.29) is 5.91 Å². The van der Waals surface area contributed by atoms with Crippen LogP contribution in [0, 0.1) is 34.6 Å². The number of carbonyl (C=O) groups is 1. The molecule has 0 unspecified atom stereocenters. The monoisotopic (exact) mass is 282 g/mol. The molecule has 0 aliphatic heterocycles. The van der Waals surface area contributed by atoms with Crippen LogP contribution in [0.1, 0.15) is 38.2 Å². The Morgan fingerprint density at radius 1 is 0.857 bits per heavy atom. The van der Waals surface area contributed by atoms with Gasteiger partial charge in [-0.2, -0.15) is 0 Å². The highest BCUT2D eigenvalue weighted by molar-refractivity contribution is 6.07. The van der Waals surface area contributed by atoms with Gasteiger partial charge in [0.25, 0.3) is 5.91 Å². The summed E-state index contributed by atoms with van der Waals surface area (Å²) in [5, 5.41) is 3.03. The number of hydrogen-bond donors (Lipinski definition) is 2. The van der Waals surface area contributed by atoms with E-state index in [0.29, 0.717) is 5.69 Å². The number of carbonyl (C=O) groups excluding carboxylic acids is 1. The molecule has 0 aliphatic carbocycles. The van der Waals surface area contributed by atoms with E-state index in [1.54, 1.807) is 0 Å². The van der Waals surface area contributed by atoms with Crippen LogP contribution in [0.4, 0.5) is 11.4 Å². The summed E-state index contributed by atoms with van der Waals surface area (Å²) in [6.07, 6.45) is 0. The van der Waals surface area contributed by atoms with Crippen molar-refractivity contribution < 1.29 is 4.79 Å². The van der Waals surface area contributed by atoms with E-state index in [0.717, 1.165) is 33.5 Å². The van der Waals surface area contributed by atoms with Crippen molar-refractivity contribution in [2.24, 2.45) is 0 Å². The van der Waals surface area contributed by atoms with Crippen LogP contribution in [0.5, 0.6) is 0 Å². The zero-order valence-electron chi connectivity index (χ0n) is 13.3. The fourth-order valence-electron chi connectivity index (χ4n) is 2.91. The average molecular weight is 282 g/mol. The number of amides is 1. The van der Waals surface area contributed by atoms with Crippen LogP contribution in [-0.4, -0.2) is 5.91 Å². The third-order valence-corrected chi connectivity index (χ3v) is 3.70. The molecular weight excluding hydrogens is 260 g/mol. The second kappa shape index (κ2) is 5.60. The lowest BCUT2D eigenvalue weighted by atomic mass is 9.98. The van der Waals surface area contributed by atoms with E-state index in [1.807, 2.05) is 58.9 Å². The van der Waals surface area contributed by atoms with Crippen molar-refractivity contribution in [3.63, 3.8) is 0 Å². The molecule has 1 amide bonds. The fraction of sp³-hybridized carbons (Fsp3) is 0.278. The minimum absolute atomic E-state index is 0.0685. The summed E-state index contributed by atoms with van der Waals surface area (Å²) >= 11 is 0. The Bertz CT molecular complexity index is 671. The zero-order chi connectivity index (χ0) is 15.7. The molecule has 0 aromatic heterocycles. The Labute approximate surface area is 126 Å². The van der Waals surface area contributed by atoms with Gasteiger partial charge >= 0.3 is 0 Å². The van der Waals surface area contributed by atoms with Crippen molar-refractivity contribution in [2.75, 3.05) is 11.1 Å². The first kappa shape index (κ1) is 15.1. The number of nitrogen functional groups attached to an aromatic ring is 1. The molecule has 3 heteroatoms. The topological polar surface area (TPSA) is 55.1 Å². The first-order valence-electron chi connectivity index (χ1n) is 7.05. The summed E-state index contributed by atoms with van der Waals surface area (Å²) in [7, 11) is 0. The highest BCUT2D eigenvalue weighted by atomic mass is 16.1. The Kier molecular flexibility index (Phi) is 4.03. The first-order chi connectivity index (χ1) is 9.79. The van der Waals surface area contributed by atoms with Gasteiger partial charge in [0.2, 0.25) is 0 Å². The molecule has 21 heavy (non-hydrogen) atoms. The Morgan fingerprint density at radius 2 is 1.33 bits per heavy atom. The normalized spacial score (nSPS) is 10.5. The molecule has 0 fully saturated rings. The summed E-state index contributed by atoms with van der Waals surface area (Å²) in [6.45, 7) is 9.88. The van der Waals surface area contributed by atoms with Crippen molar-refractivity contribution in [1.29, 1.82) is 0 Å². The molecule has 0 bridgehead atoms. The maximum absolute atomic E-state index is 12.6. The quantitative estimate of drug-likeness (QED) is 0.816. The Morgan fingerprint density at radius 3 is 1.81 bits per heavy atom. The molecule has 110 valence electrons. The van der Waals surface area contributed by atoms with Gasteiger partial charge in [0.15, 0.2) is 0 Å². The molecule has 2 rings (SSSR count). The van der Waals surface area contributed by atoms with Crippen LogP contribution in [-0.2, 0) is 0 Å². The standard InChI is InChI=1S/C18H22N2O/c1-10-6-11(2)16(12(3)7-10)18(21)20-17-13(4)8-15(19)9-14(17)5/h6-9H,19H2,1-5H3,(H,20,21). The second-order valence-electron chi connectivity index (χ2n) is 5.76. The lowest BCUT2D eigenvalue weighted by Crippen LogP contribution is -2.17. The van der Waals surface area contributed by atoms with Crippen molar-refractivity contribution in [1.82, 2.24) is 0 Å². The van der Waals surface area contributed by atoms with Crippen LogP contribution in [0.3, 0.4) is 0 Å². The van der Waals surface area contributed by atoms with Gasteiger partial charge in [-0.25, -0.2) is 0 Å². The highest BCUT2D eigenvalue weighted by Crippen LogP contribution is 2.25. The van der Waals surface area contributed by atoms with E-state index in [1.165, 1.54) is 5.56 Å². The van der Waals surface area contributed by atoms with Crippen molar-refractivity contribution in [3.8, 4) is 0 Å². The lowest BCUT2D eigenvalue weighted by molar-refractivity contribution is 0.102. The van der Waals surface area contributed by atoms with Gasteiger partial charge in [0, 0.05) is 16.9 Å². The molecule has 0 spiro atoms. The Balaban J connectivity index is 2.40. The second-order valence-corrected chi connectivity index (χ2v) is 5.76. The summed E-state index contributed by atoms with van der Waals surface area (Å²) in [5.41, 5.74) is 13.2. The fourth-order valence-corrected chi connectivity index (χ4v) is 2.91. The van der Waals surface area contributed by atoms with Gasteiger partial charge in [-0.05, 0) is 69.0 Å². The summed E-state index contributed by atoms with van der Waals surface area (Å²) in [5.74, 6) is -0.0685. The third kappa shape index (κ3) is 3.07. The van der Waals surface area contributed by atoms with Crippen LogP contribution in [0.25, 0.3) is 0 Å². The van der Waals surface area contributed by atoms with Gasteiger partial charge in [-0.3, -0.25) is 4.79 Å². The van der Waals surface area contributed by atoms with Gasteiger partial charge < -0.3 is 11.1 Å². The van der Waals surface area contributed by atoms with Crippen molar-refractivity contribution >= 4 is 17.3 Å². The summed E-state index contributed by atoms with van der Waals surface area (Å²) in [4.78, 5) is 12.6. The molecule has 0 heterocycles. The SMILES string of the molecule is Cc1cc(C)c(C(=O)Nc2c(C)cc(N)cc2C)c(C)c1. The minimum Gasteiger partial charge on any atom is -0.399 e. The molecule has 0 saturated carbocycles. The minimum atomic E-state index is -0.0685. The largest absolute Gasteiger partial charge is 0.399 e. The molecule has 2 aromatic rings. The van der Waals surface area contributed by atoms with Crippen LogP contribution in [0.2, 0.25) is 0 Å². The first-order valence-corrected chi connectivity index (χ1v) is 7.05. The van der Waals surface area contributed by atoms with E-state index < -0.39 is 0 Å². The molecule has 0 atom stereocenters. The molecular formula is C18H22N2O. The average Bonchev–Trinajstić information content (AvgIpc) is 2.32. The van der Waals surface area contributed by atoms with Crippen molar-refractivity contribution in [3.05, 3.63) is 57.6 Å². The van der Waals surface area contributed by atoms with Gasteiger partial charge in [0.05, 0.1) is 0 Å². The van der Waals surface area contributed by atoms with Crippen LogP contribution in [0.15, 0.2) is 24.3 Å². The summed E-state index contributed by atoms with van der Waals surface area (Å²) < 4.78 is 0. The predicted octanol–water partition coefficient (Wildman–Crippen LogP) is 4.06. The lowest BCUT2D eigenvalue weighted by Gasteiger charge is -2.15. The highest BCUT2D eigenvalue weighted by Gasteiger charge is 2.15. The van der Waals surface area contributed by atoms with E-state index in [9.17, 15) is 4.79 Å². The van der Waals surface area contributed by atoms with Gasteiger partial charge in [-0.15, -0.1) is 0 Å². The number of rotatable bonds is 2. The predicted molar refractivity (Wildman–Crippen MR) is 88.9 cm³/mol. The number of benzene rings is 2. The van der Waals surface area contributed by atoms with E-state index >= 15 is 0 Å². The zero-order valence-corrected chi connectivity index (χ0v) is 13.3. The number of nitrogens with two attached hydrogens (primary N) is 1. The smallest absolute Gasteiger partial charge is 0.256 e. The molecule has 3 nitrogen and oxygen atoms in total.